The lowest BCUT2D eigenvalue weighted by molar-refractivity contribution is 0.101. The van der Waals surface area contributed by atoms with Gasteiger partial charge < -0.3 is 4.74 Å². The van der Waals surface area contributed by atoms with Gasteiger partial charge in [-0.15, -0.1) is 0 Å². The standard InChI is InChI=1S/C14H15FN2O2/c1-8-13(9(2)17(4)16-8)19-14-11(10(3)18)6-5-7-12(14)15/h5-7H,1-4H3. The maximum atomic E-state index is 13.9. The lowest BCUT2D eigenvalue weighted by Crippen LogP contribution is -2.00. The van der Waals surface area contributed by atoms with Gasteiger partial charge in [0.2, 0.25) is 0 Å². The highest BCUT2D eigenvalue weighted by Gasteiger charge is 2.18. The maximum Gasteiger partial charge on any atom is 0.174 e. The van der Waals surface area contributed by atoms with Crippen molar-refractivity contribution in [2.24, 2.45) is 7.05 Å². The maximum absolute atomic E-state index is 13.9. The third-order valence-corrected chi connectivity index (χ3v) is 2.99. The number of benzene rings is 1. The molecule has 0 unspecified atom stereocenters. The fraction of sp³-hybridized carbons (Fsp3) is 0.286. The zero-order chi connectivity index (χ0) is 14.2. The van der Waals surface area contributed by atoms with Crippen LogP contribution in [0.25, 0.3) is 0 Å². The van der Waals surface area contributed by atoms with E-state index in [2.05, 4.69) is 5.10 Å². The molecule has 100 valence electrons. The summed E-state index contributed by atoms with van der Waals surface area (Å²) >= 11 is 0. The number of nitrogens with zero attached hydrogens (tertiary/aromatic N) is 2. The summed E-state index contributed by atoms with van der Waals surface area (Å²) in [5.74, 6) is -0.367. The minimum Gasteiger partial charge on any atom is -0.450 e. The highest BCUT2D eigenvalue weighted by Crippen LogP contribution is 2.32. The Bertz CT molecular complexity index is 647. The van der Waals surface area contributed by atoms with Crippen LogP contribution in [-0.4, -0.2) is 15.6 Å². The van der Waals surface area contributed by atoms with E-state index in [1.165, 1.54) is 19.1 Å². The van der Waals surface area contributed by atoms with Gasteiger partial charge in [-0.2, -0.15) is 5.10 Å². The van der Waals surface area contributed by atoms with Gasteiger partial charge in [0.05, 0.1) is 11.3 Å². The Hall–Kier alpha value is -2.17. The molecule has 19 heavy (non-hydrogen) atoms. The van der Waals surface area contributed by atoms with Crippen molar-refractivity contribution >= 4 is 5.78 Å². The molecule has 0 atom stereocenters. The van der Waals surface area contributed by atoms with Crippen molar-refractivity contribution in [3.8, 4) is 11.5 Å². The van der Waals surface area contributed by atoms with E-state index < -0.39 is 5.82 Å². The van der Waals surface area contributed by atoms with Gasteiger partial charge in [-0.25, -0.2) is 4.39 Å². The van der Waals surface area contributed by atoms with Crippen molar-refractivity contribution < 1.29 is 13.9 Å². The minimum absolute atomic E-state index is 0.0470. The van der Waals surface area contributed by atoms with Crippen LogP contribution in [0.4, 0.5) is 4.39 Å². The average Bonchev–Trinajstić information content (AvgIpc) is 2.57. The Labute approximate surface area is 110 Å². The summed E-state index contributed by atoms with van der Waals surface area (Å²) in [4.78, 5) is 11.5. The van der Waals surface area contributed by atoms with Crippen molar-refractivity contribution in [1.29, 1.82) is 0 Å². The molecule has 0 radical (unpaired) electrons. The van der Waals surface area contributed by atoms with E-state index in [1.54, 1.807) is 24.7 Å². The molecular formula is C14H15FN2O2. The number of carbonyl (C=O) groups is 1. The fourth-order valence-corrected chi connectivity index (χ4v) is 1.89. The second-order valence-corrected chi connectivity index (χ2v) is 4.40. The van der Waals surface area contributed by atoms with Crippen LogP contribution in [0.5, 0.6) is 11.5 Å². The number of hydrogen-bond acceptors (Lipinski definition) is 3. The molecule has 0 N–H and O–H groups in total. The molecule has 0 aliphatic carbocycles. The fourth-order valence-electron chi connectivity index (χ4n) is 1.89. The van der Waals surface area contributed by atoms with E-state index in [-0.39, 0.29) is 17.1 Å². The third-order valence-electron chi connectivity index (χ3n) is 2.99. The zero-order valence-electron chi connectivity index (χ0n) is 11.3. The van der Waals surface area contributed by atoms with E-state index in [0.717, 1.165) is 5.69 Å². The Morgan fingerprint density at radius 1 is 1.32 bits per heavy atom. The van der Waals surface area contributed by atoms with Gasteiger partial charge in [0.15, 0.2) is 23.1 Å². The van der Waals surface area contributed by atoms with Gasteiger partial charge >= 0.3 is 0 Å². The lowest BCUT2D eigenvalue weighted by atomic mass is 10.1. The second kappa shape index (κ2) is 4.84. The molecule has 2 rings (SSSR count). The Morgan fingerprint density at radius 2 is 2.00 bits per heavy atom. The SMILES string of the molecule is CC(=O)c1cccc(F)c1Oc1c(C)nn(C)c1C. The van der Waals surface area contributed by atoms with E-state index >= 15 is 0 Å². The highest BCUT2D eigenvalue weighted by atomic mass is 19.1. The summed E-state index contributed by atoms with van der Waals surface area (Å²) in [5, 5.41) is 4.20. The molecule has 0 spiro atoms. The number of carbonyl (C=O) groups excluding carboxylic acids is 1. The largest absolute Gasteiger partial charge is 0.450 e. The molecule has 0 fully saturated rings. The van der Waals surface area contributed by atoms with E-state index in [1.807, 2.05) is 6.92 Å². The number of para-hydroxylation sites is 1. The van der Waals surface area contributed by atoms with Crippen LogP contribution >= 0.6 is 0 Å². The van der Waals surface area contributed by atoms with Gasteiger partial charge in [-0.3, -0.25) is 9.48 Å². The molecule has 0 bridgehead atoms. The highest BCUT2D eigenvalue weighted by molar-refractivity contribution is 5.96. The summed E-state index contributed by atoms with van der Waals surface area (Å²) in [6.07, 6.45) is 0. The molecule has 0 amide bonds. The first kappa shape index (κ1) is 13.3. The molecule has 0 aliphatic heterocycles. The lowest BCUT2D eigenvalue weighted by Gasteiger charge is -2.10. The van der Waals surface area contributed by atoms with Crippen LogP contribution in [0, 0.1) is 19.7 Å². The summed E-state index contributed by atoms with van der Waals surface area (Å²) in [6.45, 7) is 4.98. The van der Waals surface area contributed by atoms with Gasteiger partial charge in [0, 0.05) is 7.05 Å². The molecular weight excluding hydrogens is 247 g/mol. The van der Waals surface area contributed by atoms with Crippen molar-refractivity contribution in [2.45, 2.75) is 20.8 Å². The van der Waals surface area contributed by atoms with Crippen molar-refractivity contribution in [1.82, 2.24) is 9.78 Å². The first-order valence-corrected chi connectivity index (χ1v) is 5.89. The molecule has 5 heteroatoms. The molecule has 0 saturated carbocycles. The van der Waals surface area contributed by atoms with Crippen molar-refractivity contribution in [3.05, 3.63) is 41.0 Å². The van der Waals surface area contributed by atoms with Crippen LogP contribution in [0.1, 0.15) is 28.7 Å². The van der Waals surface area contributed by atoms with Crippen LogP contribution in [0.15, 0.2) is 18.2 Å². The number of rotatable bonds is 3. The molecule has 2 aromatic rings. The summed E-state index contributed by atoms with van der Waals surface area (Å²) in [6, 6.07) is 4.30. The average molecular weight is 262 g/mol. The van der Waals surface area contributed by atoms with Crippen LogP contribution in [0.2, 0.25) is 0 Å². The molecule has 1 heterocycles. The molecule has 4 nitrogen and oxygen atoms in total. The number of halogens is 1. The number of aryl methyl sites for hydroxylation is 2. The van der Waals surface area contributed by atoms with Gasteiger partial charge in [-0.1, -0.05) is 6.07 Å². The monoisotopic (exact) mass is 262 g/mol. The summed E-state index contributed by atoms with van der Waals surface area (Å²) < 4.78 is 21.1. The number of ketones is 1. The van der Waals surface area contributed by atoms with Crippen molar-refractivity contribution in [2.75, 3.05) is 0 Å². The quantitative estimate of drug-likeness (QED) is 0.798. The van der Waals surface area contributed by atoms with E-state index in [4.69, 9.17) is 4.74 Å². The van der Waals surface area contributed by atoms with Crippen LogP contribution < -0.4 is 4.74 Å². The molecule has 0 saturated heterocycles. The Morgan fingerprint density at radius 3 is 2.53 bits per heavy atom. The number of aromatic nitrogens is 2. The molecule has 1 aromatic heterocycles. The second-order valence-electron chi connectivity index (χ2n) is 4.40. The first-order valence-electron chi connectivity index (χ1n) is 5.89. The van der Waals surface area contributed by atoms with E-state index in [0.29, 0.717) is 11.4 Å². The van der Waals surface area contributed by atoms with Gasteiger partial charge in [-0.05, 0) is 32.9 Å². The summed E-state index contributed by atoms with van der Waals surface area (Å²) in [5.41, 5.74) is 1.65. The number of hydrogen-bond donors (Lipinski definition) is 0. The van der Waals surface area contributed by atoms with Gasteiger partial charge in [0.25, 0.3) is 0 Å². The van der Waals surface area contributed by atoms with Crippen molar-refractivity contribution in [3.63, 3.8) is 0 Å². The molecule has 0 aliphatic rings. The molecule has 1 aromatic carbocycles. The van der Waals surface area contributed by atoms with Gasteiger partial charge in [0.1, 0.15) is 5.69 Å². The van der Waals surface area contributed by atoms with Crippen LogP contribution in [-0.2, 0) is 7.05 Å². The predicted molar refractivity (Wildman–Crippen MR) is 69.2 cm³/mol. The number of ether oxygens (including phenoxy) is 1. The van der Waals surface area contributed by atoms with Crippen LogP contribution in [0.3, 0.4) is 0 Å². The van der Waals surface area contributed by atoms with E-state index in [9.17, 15) is 9.18 Å². The minimum atomic E-state index is -0.560. The first-order chi connectivity index (χ1) is 8.91. The topological polar surface area (TPSA) is 44.1 Å². The summed E-state index contributed by atoms with van der Waals surface area (Å²) in [7, 11) is 1.78. The number of Topliss-reactive ketones (excluding diaryl/α,β-unsaturated/α-hetero) is 1. The zero-order valence-corrected chi connectivity index (χ0v) is 11.3. The Balaban J connectivity index is 2.52. The smallest absolute Gasteiger partial charge is 0.174 e. The Kier molecular flexibility index (Phi) is 3.38. The predicted octanol–water partition coefficient (Wildman–Crippen LogP) is 3.17. The third kappa shape index (κ3) is 2.36. The normalized spacial score (nSPS) is 10.6.